The van der Waals surface area contributed by atoms with Crippen LogP contribution in [-0.4, -0.2) is 41.6 Å². The number of benzene rings is 3. The summed E-state index contributed by atoms with van der Waals surface area (Å²) in [6.07, 6.45) is 1.09. The minimum Gasteiger partial charge on any atom is -0.354 e. The lowest BCUT2D eigenvalue weighted by Gasteiger charge is -2.35. The van der Waals surface area contributed by atoms with E-state index >= 15 is 0 Å². The molecule has 3 aromatic rings. The number of hydrogen-bond donors (Lipinski definition) is 2. The van der Waals surface area contributed by atoms with Gasteiger partial charge >= 0.3 is 0 Å². The molecule has 0 saturated carbocycles. The highest BCUT2D eigenvalue weighted by Gasteiger charge is 2.32. The molecule has 0 aromatic heterocycles. The second-order valence-corrected chi connectivity index (χ2v) is 8.75. The van der Waals surface area contributed by atoms with Crippen LogP contribution in [0.2, 0.25) is 0 Å². The van der Waals surface area contributed by atoms with Crippen LogP contribution in [0.15, 0.2) is 72.8 Å². The van der Waals surface area contributed by atoms with Crippen LogP contribution in [0.4, 0.5) is 10.1 Å². The van der Waals surface area contributed by atoms with Gasteiger partial charge < -0.3 is 10.6 Å². The lowest BCUT2D eigenvalue weighted by Crippen LogP contribution is -2.52. The number of fused-ring (bicyclic) bond motifs is 1. The number of nitrogens with one attached hydrogen (secondary N) is 2. The number of nitrogens with zero attached hydrogens (tertiary/aromatic N) is 1. The number of anilines is 1. The summed E-state index contributed by atoms with van der Waals surface area (Å²) in [5.41, 5.74) is 4.18. The van der Waals surface area contributed by atoms with E-state index in [2.05, 4.69) is 10.6 Å². The van der Waals surface area contributed by atoms with Crippen molar-refractivity contribution in [2.24, 2.45) is 0 Å². The highest BCUT2D eigenvalue weighted by molar-refractivity contribution is 5.97. The van der Waals surface area contributed by atoms with E-state index in [9.17, 15) is 18.8 Å². The van der Waals surface area contributed by atoms with Crippen LogP contribution >= 0.6 is 0 Å². The molecule has 0 bridgehead atoms. The van der Waals surface area contributed by atoms with Gasteiger partial charge in [-0.25, -0.2) is 4.39 Å². The van der Waals surface area contributed by atoms with Gasteiger partial charge in [0.05, 0.1) is 12.6 Å². The third-order valence-electron chi connectivity index (χ3n) is 6.17. The molecule has 0 spiro atoms. The molecule has 0 radical (unpaired) electrons. The second kappa shape index (κ2) is 11.1. The predicted octanol–water partition coefficient (Wildman–Crippen LogP) is 3.75. The van der Waals surface area contributed by atoms with Crippen molar-refractivity contribution in [1.29, 1.82) is 0 Å². The summed E-state index contributed by atoms with van der Waals surface area (Å²) in [5, 5.41) is 5.82. The Hall–Kier alpha value is -3.84. The zero-order valence-corrected chi connectivity index (χ0v) is 19.6. The Morgan fingerprint density at radius 3 is 2.46 bits per heavy atom. The SMILES string of the molecule is CC(=O)c1cccc(NC(=O)CN2Cc3ccccc3CC2C(=O)NCCc2ccc(F)cc2)c1. The van der Waals surface area contributed by atoms with Crippen molar-refractivity contribution in [3.63, 3.8) is 0 Å². The lowest BCUT2D eigenvalue weighted by molar-refractivity contribution is -0.128. The van der Waals surface area contributed by atoms with Crippen molar-refractivity contribution in [1.82, 2.24) is 10.2 Å². The monoisotopic (exact) mass is 473 g/mol. The van der Waals surface area contributed by atoms with Gasteiger partial charge in [-0.05, 0) is 60.7 Å². The van der Waals surface area contributed by atoms with Gasteiger partial charge in [0.15, 0.2) is 5.78 Å². The summed E-state index contributed by atoms with van der Waals surface area (Å²) in [5.74, 6) is -0.770. The molecule has 4 rings (SSSR count). The van der Waals surface area contributed by atoms with Crippen LogP contribution in [0.1, 0.15) is 34.0 Å². The molecule has 6 nitrogen and oxygen atoms in total. The molecule has 2 N–H and O–H groups in total. The number of carbonyl (C=O) groups excluding carboxylic acids is 3. The number of Topliss-reactive ketones (excluding diaryl/α,β-unsaturated/α-hetero) is 1. The maximum Gasteiger partial charge on any atom is 0.238 e. The van der Waals surface area contributed by atoms with Gasteiger partial charge in [0.25, 0.3) is 0 Å². The third kappa shape index (κ3) is 6.39. The Morgan fingerprint density at radius 1 is 0.971 bits per heavy atom. The van der Waals surface area contributed by atoms with Crippen molar-refractivity contribution < 1.29 is 18.8 Å². The first-order valence-electron chi connectivity index (χ1n) is 11.6. The summed E-state index contributed by atoms with van der Waals surface area (Å²) in [6.45, 7) is 2.41. The fourth-order valence-electron chi connectivity index (χ4n) is 4.30. The molecule has 1 aliphatic heterocycles. The highest BCUT2D eigenvalue weighted by Crippen LogP contribution is 2.23. The lowest BCUT2D eigenvalue weighted by atomic mass is 9.93. The van der Waals surface area contributed by atoms with E-state index < -0.39 is 6.04 Å². The van der Waals surface area contributed by atoms with E-state index in [-0.39, 0.29) is 30.0 Å². The van der Waals surface area contributed by atoms with Gasteiger partial charge in [-0.2, -0.15) is 0 Å². The van der Waals surface area contributed by atoms with Gasteiger partial charge in [0.2, 0.25) is 11.8 Å². The number of hydrogen-bond acceptors (Lipinski definition) is 4. The highest BCUT2D eigenvalue weighted by atomic mass is 19.1. The number of rotatable bonds is 8. The van der Waals surface area contributed by atoms with Gasteiger partial charge in [-0.1, -0.05) is 48.5 Å². The number of amides is 2. The standard InChI is InChI=1S/C28H28FN3O3/c1-19(33)21-7-4-8-25(15-21)31-27(34)18-32-17-23-6-3-2-5-22(23)16-26(32)28(35)30-14-13-20-9-11-24(29)12-10-20/h2-12,15,26H,13-14,16-18H2,1H3,(H,30,35)(H,31,34). The summed E-state index contributed by atoms with van der Waals surface area (Å²) in [7, 11) is 0. The van der Waals surface area contributed by atoms with E-state index in [0.717, 1.165) is 16.7 Å². The number of halogens is 1. The van der Waals surface area contributed by atoms with Crippen molar-refractivity contribution >= 4 is 23.3 Å². The molecule has 180 valence electrons. The van der Waals surface area contributed by atoms with Crippen LogP contribution in [-0.2, 0) is 29.0 Å². The maximum absolute atomic E-state index is 13.1. The molecular formula is C28H28FN3O3. The Labute approximate surface area is 204 Å². The van der Waals surface area contributed by atoms with E-state index in [4.69, 9.17) is 0 Å². The smallest absolute Gasteiger partial charge is 0.238 e. The van der Waals surface area contributed by atoms with E-state index in [0.29, 0.717) is 37.2 Å². The molecule has 1 aliphatic rings. The Balaban J connectivity index is 1.42. The van der Waals surface area contributed by atoms with Crippen LogP contribution in [0.5, 0.6) is 0 Å². The van der Waals surface area contributed by atoms with Crippen molar-refractivity contribution in [3.05, 3.63) is 101 Å². The van der Waals surface area contributed by atoms with Gasteiger partial charge in [-0.3, -0.25) is 19.3 Å². The molecule has 7 heteroatoms. The van der Waals surface area contributed by atoms with E-state index in [1.807, 2.05) is 29.2 Å². The van der Waals surface area contributed by atoms with Crippen molar-refractivity contribution in [2.45, 2.75) is 32.4 Å². The Morgan fingerprint density at radius 2 is 1.71 bits per heavy atom. The van der Waals surface area contributed by atoms with Crippen LogP contribution < -0.4 is 10.6 Å². The summed E-state index contributed by atoms with van der Waals surface area (Å²) in [4.78, 5) is 39.5. The van der Waals surface area contributed by atoms with Gasteiger partial charge in [0.1, 0.15) is 5.82 Å². The normalized spacial score (nSPS) is 15.2. The Kier molecular flexibility index (Phi) is 7.67. The topological polar surface area (TPSA) is 78.5 Å². The first-order chi connectivity index (χ1) is 16.9. The largest absolute Gasteiger partial charge is 0.354 e. The van der Waals surface area contributed by atoms with Gasteiger partial charge in [-0.15, -0.1) is 0 Å². The minimum atomic E-state index is -0.493. The predicted molar refractivity (Wildman–Crippen MR) is 133 cm³/mol. The minimum absolute atomic E-state index is 0.0364. The summed E-state index contributed by atoms with van der Waals surface area (Å²) in [6, 6.07) is 20.5. The number of ketones is 1. The first-order valence-corrected chi connectivity index (χ1v) is 11.6. The Bertz CT molecular complexity index is 1230. The fourth-order valence-corrected chi connectivity index (χ4v) is 4.30. The molecule has 0 fully saturated rings. The van der Waals surface area contributed by atoms with Crippen LogP contribution in [0.25, 0.3) is 0 Å². The molecule has 1 unspecified atom stereocenters. The molecule has 2 amide bonds. The van der Waals surface area contributed by atoms with E-state index in [1.165, 1.54) is 19.1 Å². The third-order valence-corrected chi connectivity index (χ3v) is 6.17. The molecule has 0 saturated heterocycles. The molecule has 3 aromatic carbocycles. The quantitative estimate of drug-likeness (QED) is 0.489. The van der Waals surface area contributed by atoms with Crippen molar-refractivity contribution in [2.75, 3.05) is 18.4 Å². The summed E-state index contributed by atoms with van der Waals surface area (Å²) >= 11 is 0. The molecular weight excluding hydrogens is 445 g/mol. The number of carbonyl (C=O) groups is 3. The average molecular weight is 474 g/mol. The zero-order valence-electron chi connectivity index (χ0n) is 19.6. The van der Waals surface area contributed by atoms with E-state index in [1.54, 1.807) is 36.4 Å². The molecule has 1 heterocycles. The molecule has 35 heavy (non-hydrogen) atoms. The van der Waals surface area contributed by atoms with Crippen LogP contribution in [0, 0.1) is 5.82 Å². The summed E-state index contributed by atoms with van der Waals surface area (Å²) < 4.78 is 13.1. The zero-order chi connectivity index (χ0) is 24.8. The molecule has 1 atom stereocenters. The maximum atomic E-state index is 13.1. The second-order valence-electron chi connectivity index (χ2n) is 8.75. The fraction of sp³-hybridized carbons (Fsp3) is 0.250. The molecule has 0 aliphatic carbocycles. The average Bonchev–Trinajstić information content (AvgIpc) is 2.85. The van der Waals surface area contributed by atoms with Gasteiger partial charge in [0, 0.05) is 24.3 Å². The van der Waals surface area contributed by atoms with Crippen LogP contribution in [0.3, 0.4) is 0 Å². The van der Waals surface area contributed by atoms with Crippen molar-refractivity contribution in [3.8, 4) is 0 Å². The first kappa shape index (κ1) is 24.3.